The summed E-state index contributed by atoms with van der Waals surface area (Å²) in [5.41, 5.74) is 1.60. The Kier molecular flexibility index (Phi) is 5.02. The van der Waals surface area contributed by atoms with Crippen LogP contribution < -0.4 is 10.6 Å². The summed E-state index contributed by atoms with van der Waals surface area (Å²) in [6, 6.07) is 7.34. The first kappa shape index (κ1) is 18.5. The van der Waals surface area contributed by atoms with E-state index in [1.54, 1.807) is 6.20 Å². The van der Waals surface area contributed by atoms with Crippen LogP contribution in [-0.2, 0) is 16.0 Å². The summed E-state index contributed by atoms with van der Waals surface area (Å²) >= 11 is 0. The summed E-state index contributed by atoms with van der Waals surface area (Å²) in [5, 5.41) is 12.9. The maximum absolute atomic E-state index is 12.1. The molecule has 0 bridgehead atoms. The van der Waals surface area contributed by atoms with Crippen LogP contribution in [0.1, 0.15) is 56.3 Å². The molecule has 8 nitrogen and oxygen atoms in total. The minimum Gasteiger partial charge on any atom is -0.446 e. The molecule has 2 atom stereocenters. The number of H-pyrrole nitrogens is 1. The van der Waals surface area contributed by atoms with Crippen molar-refractivity contribution in [2.24, 2.45) is 0 Å². The van der Waals surface area contributed by atoms with Crippen molar-refractivity contribution in [3.05, 3.63) is 41.9 Å². The standard InChI is InChI=1S/C20H25N5O3/c1-20(7-8-20)23-19(27)28-15-6-5-13(10-15)16-12-17(25-24-16)22-18(26)11-14-4-2-3-9-21-14/h2-4,9,12-13,15H,5-8,10-11H2,1H3,(H,23,27)(H2,22,24,25,26)/t13-,15+/m0/s1. The van der Waals surface area contributed by atoms with E-state index in [0.717, 1.165) is 37.8 Å². The number of hydrogen-bond acceptors (Lipinski definition) is 5. The van der Waals surface area contributed by atoms with Gasteiger partial charge in [-0.05, 0) is 51.2 Å². The lowest BCUT2D eigenvalue weighted by atomic mass is 10.0. The average Bonchev–Trinajstić information content (AvgIpc) is 3.05. The lowest BCUT2D eigenvalue weighted by molar-refractivity contribution is -0.115. The molecule has 4 rings (SSSR count). The molecular weight excluding hydrogens is 358 g/mol. The molecule has 0 spiro atoms. The third-order valence-electron chi connectivity index (χ3n) is 5.43. The van der Waals surface area contributed by atoms with Crippen LogP contribution in [0.25, 0.3) is 0 Å². The fourth-order valence-corrected chi connectivity index (χ4v) is 3.53. The first-order chi connectivity index (χ1) is 13.5. The number of alkyl carbamates (subject to hydrolysis) is 1. The number of ether oxygens (including phenoxy) is 1. The molecule has 2 heterocycles. The van der Waals surface area contributed by atoms with Crippen LogP contribution in [0.15, 0.2) is 30.5 Å². The van der Waals surface area contributed by atoms with Crippen LogP contribution in [0, 0.1) is 0 Å². The van der Waals surface area contributed by atoms with Crippen molar-refractivity contribution in [1.82, 2.24) is 20.5 Å². The van der Waals surface area contributed by atoms with Gasteiger partial charge in [0.2, 0.25) is 5.91 Å². The molecule has 28 heavy (non-hydrogen) atoms. The van der Waals surface area contributed by atoms with Crippen molar-refractivity contribution in [2.75, 3.05) is 5.32 Å². The summed E-state index contributed by atoms with van der Waals surface area (Å²) in [5.74, 6) is 0.581. The summed E-state index contributed by atoms with van der Waals surface area (Å²) in [6.07, 6.45) is 5.99. The largest absolute Gasteiger partial charge is 0.446 e. The highest BCUT2D eigenvalue weighted by molar-refractivity contribution is 5.91. The van der Waals surface area contributed by atoms with Crippen molar-refractivity contribution >= 4 is 17.8 Å². The van der Waals surface area contributed by atoms with Crippen molar-refractivity contribution < 1.29 is 14.3 Å². The lowest BCUT2D eigenvalue weighted by Crippen LogP contribution is -2.36. The van der Waals surface area contributed by atoms with Crippen molar-refractivity contribution in [3.8, 4) is 0 Å². The van der Waals surface area contributed by atoms with Gasteiger partial charge in [0.15, 0.2) is 5.82 Å². The lowest BCUT2D eigenvalue weighted by Gasteiger charge is -2.16. The van der Waals surface area contributed by atoms with E-state index in [-0.39, 0.29) is 36.0 Å². The Morgan fingerprint density at radius 1 is 1.32 bits per heavy atom. The van der Waals surface area contributed by atoms with Crippen LogP contribution in [0.2, 0.25) is 0 Å². The van der Waals surface area contributed by atoms with Gasteiger partial charge in [-0.3, -0.25) is 14.9 Å². The highest BCUT2D eigenvalue weighted by Crippen LogP contribution is 2.37. The topological polar surface area (TPSA) is 109 Å². The maximum atomic E-state index is 12.1. The Morgan fingerprint density at radius 2 is 2.18 bits per heavy atom. The smallest absolute Gasteiger partial charge is 0.407 e. The van der Waals surface area contributed by atoms with E-state index >= 15 is 0 Å². The number of hydrogen-bond donors (Lipinski definition) is 3. The molecule has 2 aromatic heterocycles. The first-order valence-corrected chi connectivity index (χ1v) is 9.73. The number of amides is 2. The molecule has 2 aromatic rings. The van der Waals surface area contributed by atoms with E-state index in [9.17, 15) is 9.59 Å². The molecule has 0 aliphatic heterocycles. The van der Waals surface area contributed by atoms with Gasteiger partial charge in [-0.15, -0.1) is 0 Å². The Hall–Kier alpha value is -2.90. The number of anilines is 1. The molecule has 8 heteroatoms. The second-order valence-corrected chi connectivity index (χ2v) is 7.98. The van der Waals surface area contributed by atoms with Gasteiger partial charge in [0.1, 0.15) is 6.10 Å². The number of aromatic nitrogens is 3. The summed E-state index contributed by atoms with van der Waals surface area (Å²) < 4.78 is 5.56. The number of nitrogens with one attached hydrogen (secondary N) is 3. The zero-order valence-electron chi connectivity index (χ0n) is 15.9. The number of carbonyl (C=O) groups excluding carboxylic acids is 2. The predicted octanol–water partition coefficient (Wildman–Crippen LogP) is 2.90. The molecule has 2 fully saturated rings. The Bertz CT molecular complexity index is 847. The van der Waals surface area contributed by atoms with Gasteiger partial charge >= 0.3 is 6.09 Å². The number of carbonyl (C=O) groups is 2. The second kappa shape index (κ2) is 7.61. The van der Waals surface area contributed by atoms with Gasteiger partial charge in [0, 0.05) is 35.1 Å². The molecule has 2 amide bonds. The fraction of sp³-hybridized carbons (Fsp3) is 0.500. The zero-order valence-corrected chi connectivity index (χ0v) is 15.9. The molecule has 0 unspecified atom stereocenters. The molecule has 2 aliphatic rings. The van der Waals surface area contributed by atoms with Gasteiger partial charge in [-0.25, -0.2) is 4.79 Å². The number of aromatic amines is 1. The van der Waals surface area contributed by atoms with Crippen LogP contribution in [-0.4, -0.2) is 38.8 Å². The third kappa shape index (κ3) is 4.68. The highest BCUT2D eigenvalue weighted by Gasteiger charge is 2.40. The minimum atomic E-state index is -0.322. The molecular formula is C20H25N5O3. The van der Waals surface area contributed by atoms with Crippen molar-refractivity contribution in [2.45, 2.75) is 63.0 Å². The normalized spacial score (nSPS) is 22.5. The third-order valence-corrected chi connectivity index (χ3v) is 5.43. The van der Waals surface area contributed by atoms with Crippen LogP contribution in [0.5, 0.6) is 0 Å². The van der Waals surface area contributed by atoms with Gasteiger partial charge in [-0.2, -0.15) is 5.10 Å². The number of pyridine rings is 1. The number of nitrogens with zero attached hydrogens (tertiary/aromatic N) is 2. The fourth-order valence-electron chi connectivity index (χ4n) is 3.53. The highest BCUT2D eigenvalue weighted by atomic mass is 16.6. The first-order valence-electron chi connectivity index (χ1n) is 9.73. The van der Waals surface area contributed by atoms with Crippen LogP contribution >= 0.6 is 0 Å². The van der Waals surface area contributed by atoms with Crippen molar-refractivity contribution in [1.29, 1.82) is 0 Å². The minimum absolute atomic E-state index is 0.0686. The zero-order chi connectivity index (χ0) is 19.6. The summed E-state index contributed by atoms with van der Waals surface area (Å²) in [6.45, 7) is 2.03. The molecule has 2 saturated carbocycles. The second-order valence-electron chi connectivity index (χ2n) is 7.98. The Morgan fingerprint density at radius 3 is 2.93 bits per heavy atom. The molecule has 148 valence electrons. The quantitative estimate of drug-likeness (QED) is 0.711. The van der Waals surface area contributed by atoms with Gasteiger partial charge in [0.05, 0.1) is 6.42 Å². The Balaban J connectivity index is 1.26. The van der Waals surface area contributed by atoms with E-state index < -0.39 is 0 Å². The molecule has 0 saturated heterocycles. The maximum Gasteiger partial charge on any atom is 0.407 e. The van der Waals surface area contributed by atoms with E-state index in [1.807, 2.05) is 31.2 Å². The van der Waals surface area contributed by atoms with Crippen molar-refractivity contribution in [3.63, 3.8) is 0 Å². The van der Waals surface area contributed by atoms with E-state index in [2.05, 4.69) is 25.8 Å². The molecule has 0 aromatic carbocycles. The predicted molar refractivity (Wildman–Crippen MR) is 103 cm³/mol. The van der Waals surface area contributed by atoms with E-state index in [1.165, 1.54) is 0 Å². The molecule has 0 radical (unpaired) electrons. The number of rotatable bonds is 6. The van der Waals surface area contributed by atoms with Gasteiger partial charge < -0.3 is 15.4 Å². The molecule has 2 aliphatic carbocycles. The molecule has 3 N–H and O–H groups in total. The monoisotopic (exact) mass is 383 g/mol. The van der Waals surface area contributed by atoms with E-state index in [0.29, 0.717) is 11.5 Å². The van der Waals surface area contributed by atoms with E-state index in [4.69, 9.17) is 4.74 Å². The van der Waals surface area contributed by atoms with Crippen LogP contribution in [0.3, 0.4) is 0 Å². The SMILES string of the molecule is CC1(NC(=O)O[C@@H]2CC[C@H](c3cc(NC(=O)Cc4ccccn4)n[nH]3)C2)CC1. The van der Waals surface area contributed by atoms with Gasteiger partial charge in [-0.1, -0.05) is 6.07 Å². The Labute approximate surface area is 163 Å². The van der Waals surface area contributed by atoms with Crippen LogP contribution in [0.4, 0.5) is 10.6 Å². The summed E-state index contributed by atoms with van der Waals surface area (Å²) in [7, 11) is 0. The summed E-state index contributed by atoms with van der Waals surface area (Å²) in [4.78, 5) is 28.3. The average molecular weight is 383 g/mol. The van der Waals surface area contributed by atoms with Gasteiger partial charge in [0.25, 0.3) is 0 Å².